The first-order valence-corrected chi connectivity index (χ1v) is 9.90. The van der Waals surface area contributed by atoms with Crippen LogP contribution >= 0.6 is 23.2 Å². The summed E-state index contributed by atoms with van der Waals surface area (Å²) in [5.41, 5.74) is 0.712. The van der Waals surface area contributed by atoms with Crippen LogP contribution in [0.25, 0.3) is 0 Å². The van der Waals surface area contributed by atoms with E-state index in [1.165, 1.54) is 15.8 Å². The zero-order chi connectivity index (χ0) is 21.1. The molecule has 10 heteroatoms. The molecule has 0 N–H and O–H groups in total. The molecule has 1 aromatic carbocycles. The van der Waals surface area contributed by atoms with Crippen LogP contribution in [0.5, 0.6) is 0 Å². The van der Waals surface area contributed by atoms with Crippen LogP contribution in [0, 0.1) is 5.92 Å². The predicted molar refractivity (Wildman–Crippen MR) is 108 cm³/mol. The van der Waals surface area contributed by atoms with E-state index >= 15 is 0 Å². The molecule has 3 rings (SSSR count). The molecular formula is C19H21Cl2N5O3. The third-order valence-electron chi connectivity index (χ3n) is 4.91. The van der Waals surface area contributed by atoms with Gasteiger partial charge in [0.1, 0.15) is 6.54 Å². The Morgan fingerprint density at radius 1 is 1.14 bits per heavy atom. The highest BCUT2D eigenvalue weighted by molar-refractivity contribution is 6.42. The van der Waals surface area contributed by atoms with Crippen molar-refractivity contribution >= 4 is 40.8 Å². The lowest BCUT2D eigenvalue weighted by Crippen LogP contribution is -2.40. The number of carbonyl (C=O) groups excluding carboxylic acids is 3. The zero-order valence-corrected chi connectivity index (χ0v) is 17.7. The number of benzene rings is 1. The van der Waals surface area contributed by atoms with Crippen molar-refractivity contribution in [2.75, 3.05) is 27.2 Å². The lowest BCUT2D eigenvalue weighted by Gasteiger charge is -2.30. The molecule has 29 heavy (non-hydrogen) atoms. The summed E-state index contributed by atoms with van der Waals surface area (Å²) in [6.07, 6.45) is 2.58. The molecule has 2 heterocycles. The lowest BCUT2D eigenvalue weighted by molar-refractivity contribution is -0.129. The summed E-state index contributed by atoms with van der Waals surface area (Å²) in [6.45, 7) is 0.910. The van der Waals surface area contributed by atoms with Crippen molar-refractivity contribution in [3.8, 4) is 0 Å². The van der Waals surface area contributed by atoms with Crippen LogP contribution in [-0.4, -0.2) is 69.6 Å². The smallest absolute Gasteiger partial charge is 0.276 e. The Morgan fingerprint density at radius 3 is 2.45 bits per heavy atom. The third kappa shape index (κ3) is 4.94. The summed E-state index contributed by atoms with van der Waals surface area (Å²) in [6, 6.07) is 4.86. The van der Waals surface area contributed by atoms with Crippen molar-refractivity contribution in [3.63, 3.8) is 0 Å². The Hall–Kier alpha value is -2.45. The summed E-state index contributed by atoms with van der Waals surface area (Å²) in [7, 11) is 3.30. The van der Waals surface area contributed by atoms with Gasteiger partial charge in [-0.3, -0.25) is 14.4 Å². The monoisotopic (exact) mass is 437 g/mol. The number of likely N-dealkylation sites (tertiary alicyclic amines) is 1. The number of likely N-dealkylation sites (N-methyl/N-ethyl adjacent to an activating group) is 1. The summed E-state index contributed by atoms with van der Waals surface area (Å²) >= 11 is 11.9. The van der Waals surface area contributed by atoms with Gasteiger partial charge in [0.15, 0.2) is 11.5 Å². The van der Waals surface area contributed by atoms with Crippen molar-refractivity contribution in [1.82, 2.24) is 24.8 Å². The Kier molecular flexibility index (Phi) is 6.54. The van der Waals surface area contributed by atoms with E-state index < -0.39 is 0 Å². The van der Waals surface area contributed by atoms with E-state index in [1.807, 2.05) is 0 Å². The second-order valence-electron chi connectivity index (χ2n) is 7.15. The minimum Gasteiger partial charge on any atom is -0.347 e. The van der Waals surface area contributed by atoms with E-state index in [0.29, 0.717) is 41.5 Å². The van der Waals surface area contributed by atoms with E-state index in [2.05, 4.69) is 10.3 Å². The number of nitrogens with zero attached hydrogens (tertiary/aromatic N) is 5. The van der Waals surface area contributed by atoms with Crippen LogP contribution in [0.1, 0.15) is 33.7 Å². The van der Waals surface area contributed by atoms with Crippen LogP contribution in [0.3, 0.4) is 0 Å². The van der Waals surface area contributed by atoms with Crippen molar-refractivity contribution in [3.05, 3.63) is 45.7 Å². The van der Waals surface area contributed by atoms with Crippen LogP contribution in [0.2, 0.25) is 10.0 Å². The number of hydrogen-bond acceptors (Lipinski definition) is 5. The number of hydrogen-bond donors (Lipinski definition) is 0. The van der Waals surface area contributed by atoms with Gasteiger partial charge in [-0.1, -0.05) is 28.4 Å². The molecule has 154 valence electrons. The maximum absolute atomic E-state index is 12.7. The van der Waals surface area contributed by atoms with Gasteiger partial charge in [0.2, 0.25) is 5.91 Å². The standard InChI is InChI=1S/C19H21Cl2N5O3/c1-24(2)17(27)11-26-10-16(22-23-26)19(29)25-7-5-12(6-8-25)18(28)13-3-4-14(20)15(21)9-13/h3-4,9-10,12H,5-8,11H2,1-2H3. The zero-order valence-electron chi connectivity index (χ0n) is 16.1. The van der Waals surface area contributed by atoms with Crippen LogP contribution in [0.4, 0.5) is 0 Å². The van der Waals surface area contributed by atoms with Crippen LogP contribution in [-0.2, 0) is 11.3 Å². The molecule has 2 amide bonds. The molecule has 0 bridgehead atoms. The Labute approximate surface area is 178 Å². The topological polar surface area (TPSA) is 88.4 Å². The number of amides is 2. The molecular weight excluding hydrogens is 417 g/mol. The largest absolute Gasteiger partial charge is 0.347 e. The maximum Gasteiger partial charge on any atom is 0.276 e. The number of Topliss-reactive ketones (excluding diaryl/α,β-unsaturated/α-hetero) is 1. The highest BCUT2D eigenvalue weighted by atomic mass is 35.5. The van der Waals surface area contributed by atoms with Crippen molar-refractivity contribution in [1.29, 1.82) is 0 Å². The number of rotatable bonds is 5. The summed E-state index contributed by atoms with van der Waals surface area (Å²) < 4.78 is 1.34. The molecule has 0 radical (unpaired) electrons. The minimum absolute atomic E-state index is 0.00353. The number of ketones is 1. The molecule has 0 spiro atoms. The molecule has 1 fully saturated rings. The average molecular weight is 438 g/mol. The Morgan fingerprint density at radius 2 is 1.83 bits per heavy atom. The molecule has 1 saturated heterocycles. The average Bonchev–Trinajstić information content (AvgIpc) is 3.17. The number of aromatic nitrogens is 3. The quantitative estimate of drug-likeness (QED) is 0.669. The normalized spacial score (nSPS) is 14.7. The van der Waals surface area contributed by atoms with E-state index in [4.69, 9.17) is 23.2 Å². The number of halogens is 2. The minimum atomic E-state index is -0.256. The van der Waals surface area contributed by atoms with Gasteiger partial charge < -0.3 is 9.80 Å². The molecule has 1 aromatic heterocycles. The van der Waals surface area contributed by atoms with Gasteiger partial charge in [0, 0.05) is 38.7 Å². The van der Waals surface area contributed by atoms with Gasteiger partial charge in [-0.2, -0.15) is 0 Å². The highest BCUT2D eigenvalue weighted by Crippen LogP contribution is 2.27. The Bertz CT molecular complexity index is 936. The molecule has 8 nitrogen and oxygen atoms in total. The molecule has 1 aliphatic heterocycles. The number of carbonyl (C=O) groups is 3. The molecule has 0 aliphatic carbocycles. The Balaban J connectivity index is 1.58. The first kappa shape index (κ1) is 21.3. The fraction of sp³-hybridized carbons (Fsp3) is 0.421. The SMILES string of the molecule is CN(C)C(=O)Cn1cc(C(=O)N2CCC(C(=O)c3ccc(Cl)c(Cl)c3)CC2)nn1. The second-order valence-corrected chi connectivity index (χ2v) is 7.96. The maximum atomic E-state index is 12.7. The number of piperidine rings is 1. The van der Waals surface area contributed by atoms with Gasteiger partial charge in [0.25, 0.3) is 5.91 Å². The van der Waals surface area contributed by atoms with E-state index in [-0.39, 0.29) is 35.8 Å². The van der Waals surface area contributed by atoms with Crippen LogP contribution in [0.15, 0.2) is 24.4 Å². The fourth-order valence-electron chi connectivity index (χ4n) is 3.15. The highest BCUT2D eigenvalue weighted by Gasteiger charge is 2.29. The van der Waals surface area contributed by atoms with E-state index in [1.54, 1.807) is 37.2 Å². The second kappa shape index (κ2) is 8.92. The molecule has 1 aliphatic rings. The van der Waals surface area contributed by atoms with Gasteiger partial charge in [-0.05, 0) is 31.0 Å². The van der Waals surface area contributed by atoms with Crippen molar-refractivity contribution in [2.24, 2.45) is 5.92 Å². The molecule has 0 unspecified atom stereocenters. The van der Waals surface area contributed by atoms with Crippen molar-refractivity contribution < 1.29 is 14.4 Å². The molecule has 0 atom stereocenters. The van der Waals surface area contributed by atoms with E-state index in [0.717, 1.165) is 0 Å². The lowest BCUT2D eigenvalue weighted by atomic mass is 9.89. The predicted octanol–water partition coefficient (Wildman–Crippen LogP) is 2.41. The summed E-state index contributed by atoms with van der Waals surface area (Å²) in [5, 5.41) is 8.48. The first-order valence-electron chi connectivity index (χ1n) is 9.15. The van der Waals surface area contributed by atoms with Gasteiger partial charge in [0.05, 0.1) is 16.2 Å². The van der Waals surface area contributed by atoms with Gasteiger partial charge in [-0.15, -0.1) is 5.10 Å². The first-order chi connectivity index (χ1) is 13.8. The third-order valence-corrected chi connectivity index (χ3v) is 5.65. The summed E-state index contributed by atoms with van der Waals surface area (Å²) in [5.74, 6) is -0.571. The van der Waals surface area contributed by atoms with Crippen molar-refractivity contribution in [2.45, 2.75) is 19.4 Å². The fourth-order valence-corrected chi connectivity index (χ4v) is 3.44. The van der Waals surface area contributed by atoms with Gasteiger partial charge >= 0.3 is 0 Å². The van der Waals surface area contributed by atoms with Gasteiger partial charge in [-0.25, -0.2) is 4.68 Å². The molecule has 2 aromatic rings. The van der Waals surface area contributed by atoms with Crippen LogP contribution < -0.4 is 0 Å². The molecule has 0 saturated carbocycles. The summed E-state index contributed by atoms with van der Waals surface area (Å²) in [4.78, 5) is 40.2. The van der Waals surface area contributed by atoms with E-state index in [9.17, 15) is 14.4 Å².